The number of halogens is 2. The van der Waals surface area contributed by atoms with E-state index in [0.717, 1.165) is 10.9 Å². The average molecular weight is 274 g/mol. The van der Waals surface area contributed by atoms with E-state index in [2.05, 4.69) is 29.8 Å². The Hall–Kier alpha value is -0.570. The van der Waals surface area contributed by atoms with Gasteiger partial charge in [-0.05, 0) is 23.1 Å². The molecule has 15 heavy (non-hydrogen) atoms. The van der Waals surface area contributed by atoms with Crippen LogP contribution in [-0.2, 0) is 5.41 Å². The number of anilines is 1. The second kappa shape index (κ2) is 4.52. The molecule has 1 aromatic rings. The molecule has 0 aliphatic heterocycles. The number of rotatable bonds is 3. The Morgan fingerprint density at radius 2 is 1.93 bits per heavy atom. The minimum Gasteiger partial charge on any atom is -0.375 e. The van der Waals surface area contributed by atoms with Crippen LogP contribution >= 0.6 is 15.9 Å². The molecule has 3 heteroatoms. The van der Waals surface area contributed by atoms with Gasteiger partial charge in [-0.1, -0.05) is 35.8 Å². The van der Waals surface area contributed by atoms with E-state index in [4.69, 9.17) is 0 Å². The summed E-state index contributed by atoms with van der Waals surface area (Å²) in [6.07, 6.45) is 0. The molecule has 1 rings (SSSR count). The van der Waals surface area contributed by atoms with Crippen LogP contribution in [0, 0.1) is 5.82 Å². The van der Waals surface area contributed by atoms with E-state index in [1.807, 2.05) is 26.2 Å². The first-order chi connectivity index (χ1) is 6.88. The Morgan fingerprint density at radius 1 is 1.33 bits per heavy atom. The zero-order chi connectivity index (χ0) is 11.6. The van der Waals surface area contributed by atoms with Crippen LogP contribution in [-0.4, -0.2) is 19.4 Å². The second-order valence-electron chi connectivity index (χ2n) is 4.58. The molecule has 0 atom stereocenters. The molecule has 0 aromatic heterocycles. The Balaban J connectivity index is 3.12. The maximum atomic E-state index is 13.7. The number of hydrogen-bond acceptors (Lipinski definition) is 1. The highest BCUT2D eigenvalue weighted by Gasteiger charge is 2.20. The summed E-state index contributed by atoms with van der Waals surface area (Å²) in [6, 6.07) is 5.44. The average Bonchev–Trinajstić information content (AvgIpc) is 2.17. The van der Waals surface area contributed by atoms with Crippen molar-refractivity contribution in [3.05, 3.63) is 29.6 Å². The van der Waals surface area contributed by atoms with E-state index in [1.54, 1.807) is 11.0 Å². The van der Waals surface area contributed by atoms with Gasteiger partial charge in [0, 0.05) is 19.4 Å². The number of alkyl halides is 1. The summed E-state index contributed by atoms with van der Waals surface area (Å²) in [5.41, 5.74) is 1.61. The monoisotopic (exact) mass is 273 g/mol. The Kier molecular flexibility index (Phi) is 3.77. The zero-order valence-electron chi connectivity index (χ0n) is 9.64. The number of nitrogens with zero attached hydrogens (tertiary/aromatic N) is 1. The standard InChI is InChI=1S/C12H17BrFN/c1-12(2,8-13)9-5-6-11(15(3)4)10(14)7-9/h5-7H,8H2,1-4H3. The van der Waals surface area contributed by atoms with Crippen molar-refractivity contribution in [2.45, 2.75) is 19.3 Å². The maximum absolute atomic E-state index is 13.7. The SMILES string of the molecule is CN(C)c1ccc(C(C)(C)CBr)cc1F. The minimum atomic E-state index is -0.161. The summed E-state index contributed by atoms with van der Waals surface area (Å²) >= 11 is 3.45. The summed E-state index contributed by atoms with van der Waals surface area (Å²) in [6.45, 7) is 4.18. The molecule has 0 aliphatic carbocycles. The van der Waals surface area contributed by atoms with Gasteiger partial charge in [0.05, 0.1) is 5.69 Å². The second-order valence-corrected chi connectivity index (χ2v) is 5.14. The van der Waals surface area contributed by atoms with Crippen LogP contribution in [0.25, 0.3) is 0 Å². The summed E-state index contributed by atoms with van der Waals surface area (Å²) in [4.78, 5) is 1.78. The molecule has 1 aromatic carbocycles. The highest BCUT2D eigenvalue weighted by atomic mass is 79.9. The maximum Gasteiger partial charge on any atom is 0.146 e. The van der Waals surface area contributed by atoms with Crippen molar-refractivity contribution in [1.82, 2.24) is 0 Å². The lowest BCUT2D eigenvalue weighted by molar-refractivity contribution is 0.583. The van der Waals surface area contributed by atoms with Crippen LogP contribution in [0.4, 0.5) is 10.1 Å². The molecule has 84 valence electrons. The van der Waals surface area contributed by atoms with Gasteiger partial charge in [0.25, 0.3) is 0 Å². The van der Waals surface area contributed by atoms with Crippen molar-refractivity contribution in [1.29, 1.82) is 0 Å². The molecule has 0 aliphatic rings. The Bertz CT molecular complexity index is 347. The van der Waals surface area contributed by atoms with Gasteiger partial charge in [-0.15, -0.1) is 0 Å². The molecule has 0 saturated carbocycles. The van der Waals surface area contributed by atoms with Crippen LogP contribution in [0.2, 0.25) is 0 Å². The van der Waals surface area contributed by atoms with Crippen LogP contribution < -0.4 is 4.90 Å². The molecule has 0 saturated heterocycles. The lowest BCUT2D eigenvalue weighted by Gasteiger charge is -2.23. The molecule has 0 amide bonds. The first kappa shape index (κ1) is 12.5. The van der Waals surface area contributed by atoms with E-state index in [1.165, 1.54) is 0 Å². The normalized spacial score (nSPS) is 11.6. The van der Waals surface area contributed by atoms with Gasteiger partial charge in [-0.3, -0.25) is 0 Å². The minimum absolute atomic E-state index is 0.0360. The van der Waals surface area contributed by atoms with Crippen molar-refractivity contribution in [3.63, 3.8) is 0 Å². The van der Waals surface area contributed by atoms with Crippen LogP contribution in [0.3, 0.4) is 0 Å². The fourth-order valence-electron chi connectivity index (χ4n) is 1.37. The Morgan fingerprint density at radius 3 is 2.33 bits per heavy atom. The van der Waals surface area contributed by atoms with Gasteiger partial charge >= 0.3 is 0 Å². The number of hydrogen-bond donors (Lipinski definition) is 0. The van der Waals surface area contributed by atoms with Crippen LogP contribution in [0.5, 0.6) is 0 Å². The third kappa shape index (κ3) is 2.71. The molecular formula is C12H17BrFN. The third-order valence-corrected chi connectivity index (χ3v) is 3.95. The molecule has 0 heterocycles. The molecule has 1 nitrogen and oxygen atoms in total. The van der Waals surface area contributed by atoms with E-state index >= 15 is 0 Å². The fraction of sp³-hybridized carbons (Fsp3) is 0.500. The van der Waals surface area contributed by atoms with Gasteiger partial charge in [0.1, 0.15) is 5.82 Å². The van der Waals surface area contributed by atoms with E-state index in [9.17, 15) is 4.39 Å². The first-order valence-corrected chi connectivity index (χ1v) is 6.04. The van der Waals surface area contributed by atoms with Crippen molar-refractivity contribution in [3.8, 4) is 0 Å². The quantitative estimate of drug-likeness (QED) is 0.762. The molecule has 0 N–H and O–H groups in total. The highest BCUT2D eigenvalue weighted by Crippen LogP contribution is 2.28. The summed E-state index contributed by atoms with van der Waals surface area (Å²) in [5.74, 6) is -0.161. The van der Waals surface area contributed by atoms with Gasteiger partial charge in [0.15, 0.2) is 0 Å². The molecule has 0 bridgehead atoms. The van der Waals surface area contributed by atoms with Gasteiger partial charge in [-0.2, -0.15) is 0 Å². The topological polar surface area (TPSA) is 3.24 Å². The zero-order valence-corrected chi connectivity index (χ0v) is 11.2. The predicted molar refractivity (Wildman–Crippen MR) is 67.5 cm³/mol. The largest absolute Gasteiger partial charge is 0.375 e. The number of benzene rings is 1. The fourth-order valence-corrected chi connectivity index (χ4v) is 1.69. The van der Waals surface area contributed by atoms with Gasteiger partial charge in [0.2, 0.25) is 0 Å². The van der Waals surface area contributed by atoms with Gasteiger partial charge < -0.3 is 4.90 Å². The van der Waals surface area contributed by atoms with Crippen molar-refractivity contribution in [2.24, 2.45) is 0 Å². The lowest BCUT2D eigenvalue weighted by atomic mass is 9.87. The first-order valence-electron chi connectivity index (χ1n) is 4.92. The smallest absolute Gasteiger partial charge is 0.146 e. The van der Waals surface area contributed by atoms with Crippen molar-refractivity contribution >= 4 is 21.6 Å². The molecule has 0 radical (unpaired) electrons. The van der Waals surface area contributed by atoms with Crippen LogP contribution in [0.1, 0.15) is 19.4 Å². The summed E-state index contributed by atoms with van der Waals surface area (Å²) in [7, 11) is 3.68. The van der Waals surface area contributed by atoms with E-state index in [-0.39, 0.29) is 11.2 Å². The summed E-state index contributed by atoms with van der Waals surface area (Å²) in [5, 5.41) is 0.820. The molecule has 0 spiro atoms. The van der Waals surface area contributed by atoms with E-state index < -0.39 is 0 Å². The lowest BCUT2D eigenvalue weighted by Crippen LogP contribution is -2.20. The molecule has 0 unspecified atom stereocenters. The highest BCUT2D eigenvalue weighted by molar-refractivity contribution is 9.09. The van der Waals surface area contributed by atoms with Crippen molar-refractivity contribution in [2.75, 3.05) is 24.3 Å². The van der Waals surface area contributed by atoms with E-state index in [0.29, 0.717) is 5.69 Å². The molecule has 0 fully saturated rings. The molecular weight excluding hydrogens is 257 g/mol. The third-order valence-electron chi connectivity index (χ3n) is 2.55. The van der Waals surface area contributed by atoms with Gasteiger partial charge in [-0.25, -0.2) is 4.39 Å². The summed E-state index contributed by atoms with van der Waals surface area (Å²) < 4.78 is 13.7. The van der Waals surface area contributed by atoms with Crippen LogP contribution in [0.15, 0.2) is 18.2 Å². The predicted octanol–water partition coefficient (Wildman–Crippen LogP) is 3.56. The Labute approximate surface area is 99.4 Å². The van der Waals surface area contributed by atoms with Crippen molar-refractivity contribution < 1.29 is 4.39 Å².